The molecule has 0 amide bonds. The maximum atomic E-state index is 13.0. The van der Waals surface area contributed by atoms with E-state index in [0.717, 1.165) is 12.1 Å². The molecule has 15 heavy (non-hydrogen) atoms. The van der Waals surface area contributed by atoms with Gasteiger partial charge in [-0.2, -0.15) is 19.0 Å². The molecule has 0 bridgehead atoms. The van der Waals surface area contributed by atoms with Crippen LogP contribution in [0, 0.1) is 23.2 Å². The molecule has 2 unspecified atom stereocenters. The van der Waals surface area contributed by atoms with Gasteiger partial charge in [0.1, 0.15) is 6.10 Å². The molecule has 0 aliphatic heterocycles. The Morgan fingerprint density at radius 1 is 1.40 bits per heavy atom. The van der Waals surface area contributed by atoms with Crippen molar-refractivity contribution in [3.8, 4) is 6.07 Å². The average Bonchev–Trinajstić information content (AvgIpc) is 2.17. The van der Waals surface area contributed by atoms with Crippen LogP contribution in [-0.2, 0) is 0 Å². The van der Waals surface area contributed by atoms with E-state index in [1.165, 1.54) is 0 Å². The first-order valence-electron chi connectivity index (χ1n) is 4.11. The molecule has 0 spiro atoms. The first-order valence-corrected chi connectivity index (χ1v) is 4.11. The molecule has 1 heterocycles. The summed E-state index contributed by atoms with van der Waals surface area (Å²) in [5.74, 6) is -2.21. The van der Waals surface area contributed by atoms with Gasteiger partial charge in [-0.05, 0) is 12.1 Å². The molecule has 0 aliphatic carbocycles. The number of pyridine rings is 1. The predicted molar refractivity (Wildman–Crippen MR) is 45.3 cm³/mol. The minimum Gasteiger partial charge on any atom is -0.389 e. The van der Waals surface area contributed by atoms with Crippen LogP contribution in [0.1, 0.15) is 18.1 Å². The second-order valence-corrected chi connectivity index (χ2v) is 2.89. The molecule has 0 fully saturated rings. The van der Waals surface area contributed by atoms with Crippen LogP contribution in [0.5, 0.6) is 0 Å². The van der Waals surface area contributed by atoms with Gasteiger partial charge in [0.2, 0.25) is 11.9 Å². The van der Waals surface area contributed by atoms with E-state index in [0.29, 0.717) is 0 Å². The van der Waals surface area contributed by atoms with Gasteiger partial charge in [-0.3, -0.25) is 0 Å². The number of nitriles is 1. The zero-order valence-corrected chi connectivity index (χ0v) is 7.56. The fourth-order valence-corrected chi connectivity index (χ4v) is 1.06. The largest absolute Gasteiger partial charge is 0.389 e. The number of hydrogen-bond acceptors (Lipinski definition) is 4. The Balaban J connectivity index is 2.91. The summed E-state index contributed by atoms with van der Waals surface area (Å²) in [6.07, 6.45) is -3.35. The molecule has 4 nitrogen and oxygen atoms in total. The van der Waals surface area contributed by atoms with Crippen molar-refractivity contribution in [1.82, 2.24) is 4.98 Å². The van der Waals surface area contributed by atoms with Gasteiger partial charge in [0, 0.05) is 5.56 Å². The summed E-state index contributed by atoms with van der Waals surface area (Å²) < 4.78 is 25.4. The SMILES string of the molecule is N#CCC(O)C(O)c1ccc(F)nc1F. The summed E-state index contributed by atoms with van der Waals surface area (Å²) in [4.78, 5) is 2.85. The van der Waals surface area contributed by atoms with Crippen molar-refractivity contribution in [2.45, 2.75) is 18.6 Å². The van der Waals surface area contributed by atoms with Gasteiger partial charge in [0.25, 0.3) is 0 Å². The summed E-state index contributed by atoms with van der Waals surface area (Å²) in [7, 11) is 0. The Morgan fingerprint density at radius 3 is 2.60 bits per heavy atom. The lowest BCUT2D eigenvalue weighted by Gasteiger charge is -2.15. The molecule has 80 valence electrons. The van der Waals surface area contributed by atoms with Crippen LogP contribution in [0.2, 0.25) is 0 Å². The lowest BCUT2D eigenvalue weighted by atomic mass is 10.0. The Morgan fingerprint density at radius 2 is 2.07 bits per heavy atom. The van der Waals surface area contributed by atoms with Crippen LogP contribution in [-0.4, -0.2) is 21.3 Å². The minimum atomic E-state index is -1.59. The molecule has 0 radical (unpaired) electrons. The monoisotopic (exact) mass is 214 g/mol. The average molecular weight is 214 g/mol. The maximum absolute atomic E-state index is 13.0. The van der Waals surface area contributed by atoms with Crippen molar-refractivity contribution < 1.29 is 19.0 Å². The molecule has 0 aliphatic rings. The highest BCUT2D eigenvalue weighted by Gasteiger charge is 2.22. The standard InChI is InChI=1S/C9H8F2N2O2/c10-7-2-1-5(9(11)13-7)8(15)6(14)3-4-12/h1-2,6,8,14-15H,3H2. The number of hydrogen-bond donors (Lipinski definition) is 2. The molecule has 2 atom stereocenters. The highest BCUT2D eigenvalue weighted by molar-refractivity contribution is 5.16. The number of nitrogens with zero attached hydrogens (tertiary/aromatic N) is 2. The normalized spacial score (nSPS) is 14.3. The summed E-state index contributed by atoms with van der Waals surface area (Å²) in [5, 5.41) is 26.8. The topological polar surface area (TPSA) is 77.1 Å². The summed E-state index contributed by atoms with van der Waals surface area (Å²) in [5.41, 5.74) is -0.334. The van der Waals surface area contributed by atoms with Crippen molar-refractivity contribution in [2.24, 2.45) is 0 Å². The number of halogens is 2. The highest BCUT2D eigenvalue weighted by atomic mass is 19.1. The van der Waals surface area contributed by atoms with Crippen molar-refractivity contribution in [1.29, 1.82) is 5.26 Å². The summed E-state index contributed by atoms with van der Waals surface area (Å²) in [6, 6.07) is 3.46. The van der Waals surface area contributed by atoms with Crippen LogP contribution < -0.4 is 0 Å². The van der Waals surface area contributed by atoms with Crippen LogP contribution in [0.15, 0.2) is 12.1 Å². The van der Waals surface area contributed by atoms with Crippen LogP contribution >= 0.6 is 0 Å². The zero-order chi connectivity index (χ0) is 11.4. The van der Waals surface area contributed by atoms with Gasteiger partial charge in [0.05, 0.1) is 18.6 Å². The second-order valence-electron chi connectivity index (χ2n) is 2.89. The van der Waals surface area contributed by atoms with Crippen molar-refractivity contribution >= 4 is 0 Å². The molecule has 6 heteroatoms. The van der Waals surface area contributed by atoms with E-state index in [4.69, 9.17) is 5.26 Å². The van der Waals surface area contributed by atoms with E-state index >= 15 is 0 Å². The molecule has 1 rings (SSSR count). The van der Waals surface area contributed by atoms with E-state index in [9.17, 15) is 19.0 Å². The van der Waals surface area contributed by atoms with Crippen molar-refractivity contribution in [2.75, 3.05) is 0 Å². The van der Waals surface area contributed by atoms with E-state index in [-0.39, 0.29) is 12.0 Å². The number of aromatic nitrogens is 1. The Hall–Kier alpha value is -1.58. The van der Waals surface area contributed by atoms with Crippen molar-refractivity contribution in [3.63, 3.8) is 0 Å². The Kier molecular flexibility index (Phi) is 3.66. The van der Waals surface area contributed by atoms with Crippen LogP contribution in [0.4, 0.5) is 8.78 Å². The number of aliphatic hydroxyl groups excluding tert-OH is 2. The maximum Gasteiger partial charge on any atom is 0.221 e. The third kappa shape index (κ3) is 2.68. The second kappa shape index (κ2) is 4.77. The fraction of sp³-hybridized carbons (Fsp3) is 0.333. The van der Waals surface area contributed by atoms with E-state index in [2.05, 4.69) is 4.98 Å². The Labute approximate surface area is 84.4 Å². The van der Waals surface area contributed by atoms with Gasteiger partial charge in [-0.15, -0.1) is 0 Å². The molecule has 1 aromatic rings. The minimum absolute atomic E-state index is 0.334. The van der Waals surface area contributed by atoms with E-state index in [1.807, 2.05) is 0 Å². The van der Waals surface area contributed by atoms with Gasteiger partial charge >= 0.3 is 0 Å². The van der Waals surface area contributed by atoms with E-state index < -0.39 is 24.1 Å². The first-order chi connectivity index (χ1) is 7.06. The van der Waals surface area contributed by atoms with Gasteiger partial charge in [-0.25, -0.2) is 0 Å². The molecule has 0 saturated heterocycles. The molecule has 1 aromatic heterocycles. The Bertz CT molecular complexity index is 392. The fourth-order valence-electron chi connectivity index (χ4n) is 1.06. The number of aliphatic hydroxyl groups is 2. The quantitative estimate of drug-likeness (QED) is 0.725. The predicted octanol–water partition coefficient (Wildman–Crippen LogP) is 0.668. The molecule has 0 aromatic carbocycles. The van der Waals surface area contributed by atoms with Crippen LogP contribution in [0.25, 0.3) is 0 Å². The van der Waals surface area contributed by atoms with Gasteiger partial charge < -0.3 is 10.2 Å². The summed E-state index contributed by atoms with van der Waals surface area (Å²) >= 11 is 0. The zero-order valence-electron chi connectivity index (χ0n) is 7.56. The molecule has 0 saturated carbocycles. The van der Waals surface area contributed by atoms with Crippen LogP contribution in [0.3, 0.4) is 0 Å². The molecule has 2 N–H and O–H groups in total. The summed E-state index contributed by atoms with van der Waals surface area (Å²) in [6.45, 7) is 0. The highest BCUT2D eigenvalue weighted by Crippen LogP contribution is 2.20. The third-order valence-corrected chi connectivity index (χ3v) is 1.83. The number of rotatable bonds is 3. The molecular weight excluding hydrogens is 206 g/mol. The lowest BCUT2D eigenvalue weighted by Crippen LogP contribution is -2.19. The van der Waals surface area contributed by atoms with Gasteiger partial charge in [0.15, 0.2) is 0 Å². The lowest BCUT2D eigenvalue weighted by molar-refractivity contribution is 0.0189. The van der Waals surface area contributed by atoms with Gasteiger partial charge in [-0.1, -0.05) is 0 Å². The third-order valence-electron chi connectivity index (χ3n) is 1.83. The molecular formula is C9H8F2N2O2. The first kappa shape index (κ1) is 11.5. The van der Waals surface area contributed by atoms with Crippen molar-refractivity contribution in [3.05, 3.63) is 29.6 Å². The van der Waals surface area contributed by atoms with E-state index in [1.54, 1.807) is 6.07 Å². The smallest absolute Gasteiger partial charge is 0.221 e.